The number of rotatable bonds is 4. The summed E-state index contributed by atoms with van der Waals surface area (Å²) in [4.78, 5) is 16.7. The average molecular weight is 331 g/mol. The molecule has 2 N–H and O–H groups in total. The molecule has 4 nitrogen and oxygen atoms in total. The van der Waals surface area contributed by atoms with Gasteiger partial charge in [0.05, 0.1) is 11.9 Å². The van der Waals surface area contributed by atoms with Gasteiger partial charge in [-0.3, -0.25) is 4.79 Å². The van der Waals surface area contributed by atoms with Gasteiger partial charge in [-0.15, -0.1) is 0 Å². The molecule has 0 spiro atoms. The summed E-state index contributed by atoms with van der Waals surface area (Å²) in [6.45, 7) is 6.00. The number of aromatic nitrogens is 1. The second kappa shape index (κ2) is 7.18. The number of benzene rings is 2. The maximum absolute atomic E-state index is 12.4. The molecule has 0 aliphatic rings. The fourth-order valence-electron chi connectivity index (χ4n) is 2.66. The lowest BCUT2D eigenvalue weighted by Gasteiger charge is -2.12. The molecule has 0 saturated carbocycles. The topological polar surface area (TPSA) is 54.0 Å². The molecule has 0 radical (unpaired) electrons. The quantitative estimate of drug-likeness (QED) is 0.707. The van der Waals surface area contributed by atoms with E-state index < -0.39 is 0 Å². The maximum Gasteiger partial charge on any atom is 0.274 e. The Labute approximate surface area is 147 Å². The van der Waals surface area contributed by atoms with Gasteiger partial charge in [-0.2, -0.15) is 0 Å². The Bertz CT molecular complexity index is 881. The van der Waals surface area contributed by atoms with Gasteiger partial charge in [0.15, 0.2) is 0 Å². The number of carbonyl (C=O) groups is 1. The molecule has 0 aliphatic heterocycles. The molecule has 0 bridgehead atoms. The fourth-order valence-corrected chi connectivity index (χ4v) is 2.66. The highest BCUT2D eigenvalue weighted by molar-refractivity contribution is 6.03. The fraction of sp³-hybridized carbons (Fsp3) is 0.143. The number of pyridine rings is 1. The van der Waals surface area contributed by atoms with Gasteiger partial charge < -0.3 is 10.6 Å². The smallest absolute Gasteiger partial charge is 0.274 e. The molecule has 0 fully saturated rings. The second-order valence-electron chi connectivity index (χ2n) is 6.09. The third-order valence-electron chi connectivity index (χ3n) is 4.14. The van der Waals surface area contributed by atoms with Crippen molar-refractivity contribution < 1.29 is 4.79 Å². The van der Waals surface area contributed by atoms with Gasteiger partial charge in [-0.05, 0) is 55.7 Å². The van der Waals surface area contributed by atoms with Crippen molar-refractivity contribution in [3.63, 3.8) is 0 Å². The number of hydrogen-bond acceptors (Lipinski definition) is 3. The van der Waals surface area contributed by atoms with Crippen molar-refractivity contribution in [1.82, 2.24) is 4.98 Å². The van der Waals surface area contributed by atoms with Crippen LogP contribution in [0.4, 0.5) is 17.1 Å². The molecule has 0 unspecified atom stereocenters. The Hall–Kier alpha value is -3.14. The molecule has 0 atom stereocenters. The monoisotopic (exact) mass is 331 g/mol. The van der Waals surface area contributed by atoms with Crippen LogP contribution in [0.1, 0.15) is 27.2 Å². The minimum Gasteiger partial charge on any atom is -0.354 e. The summed E-state index contributed by atoms with van der Waals surface area (Å²) < 4.78 is 0. The Kier molecular flexibility index (Phi) is 4.80. The number of aryl methyl sites for hydroxylation is 3. The van der Waals surface area contributed by atoms with Gasteiger partial charge in [0.2, 0.25) is 0 Å². The third-order valence-corrected chi connectivity index (χ3v) is 4.14. The standard InChI is InChI=1S/C21H21N3O/c1-14-7-4-5-10-18(14)23-17-11-12-19(22-13-17)21(25)24-20-15(2)8-6-9-16(20)3/h4-13,23H,1-3H3,(H,24,25). The first-order valence-electron chi connectivity index (χ1n) is 8.21. The second-order valence-corrected chi connectivity index (χ2v) is 6.09. The minimum atomic E-state index is -0.208. The highest BCUT2D eigenvalue weighted by atomic mass is 16.1. The summed E-state index contributed by atoms with van der Waals surface area (Å²) in [7, 11) is 0. The van der Waals surface area contributed by atoms with Crippen LogP contribution in [0.3, 0.4) is 0 Å². The van der Waals surface area contributed by atoms with E-state index in [0.717, 1.165) is 33.8 Å². The SMILES string of the molecule is Cc1ccccc1Nc1ccc(C(=O)Nc2c(C)cccc2C)nc1. The molecule has 126 valence electrons. The first kappa shape index (κ1) is 16.7. The zero-order chi connectivity index (χ0) is 17.8. The van der Waals surface area contributed by atoms with E-state index in [4.69, 9.17) is 0 Å². The summed E-state index contributed by atoms with van der Waals surface area (Å²) in [5, 5.41) is 6.26. The van der Waals surface area contributed by atoms with E-state index in [9.17, 15) is 4.79 Å². The maximum atomic E-state index is 12.4. The Morgan fingerprint density at radius 3 is 2.16 bits per heavy atom. The normalized spacial score (nSPS) is 10.4. The van der Waals surface area contributed by atoms with E-state index in [1.807, 2.05) is 69.3 Å². The van der Waals surface area contributed by atoms with E-state index in [2.05, 4.69) is 15.6 Å². The van der Waals surface area contributed by atoms with E-state index in [1.54, 1.807) is 12.3 Å². The van der Waals surface area contributed by atoms with Crippen LogP contribution in [-0.2, 0) is 0 Å². The summed E-state index contributed by atoms with van der Waals surface area (Å²) in [6, 6.07) is 17.6. The number of nitrogens with zero attached hydrogens (tertiary/aromatic N) is 1. The number of anilines is 3. The van der Waals surface area contributed by atoms with Crippen LogP contribution in [0.15, 0.2) is 60.8 Å². The lowest BCUT2D eigenvalue weighted by Crippen LogP contribution is -2.15. The number of carbonyl (C=O) groups excluding carboxylic acids is 1. The van der Waals surface area contributed by atoms with Gasteiger partial charge in [0, 0.05) is 11.4 Å². The molecule has 3 rings (SSSR count). The molecular formula is C21H21N3O. The highest BCUT2D eigenvalue weighted by Crippen LogP contribution is 2.21. The van der Waals surface area contributed by atoms with Gasteiger partial charge in [0.25, 0.3) is 5.91 Å². The third kappa shape index (κ3) is 3.86. The predicted octanol–water partition coefficient (Wildman–Crippen LogP) is 5.00. The summed E-state index contributed by atoms with van der Waals surface area (Å²) in [6.07, 6.45) is 1.67. The largest absolute Gasteiger partial charge is 0.354 e. The van der Waals surface area contributed by atoms with Gasteiger partial charge in [0.1, 0.15) is 5.69 Å². The van der Waals surface area contributed by atoms with Crippen molar-refractivity contribution >= 4 is 23.0 Å². The molecule has 0 aliphatic carbocycles. The first-order chi connectivity index (χ1) is 12.0. The zero-order valence-corrected chi connectivity index (χ0v) is 14.6. The van der Waals surface area contributed by atoms with Crippen LogP contribution in [-0.4, -0.2) is 10.9 Å². The van der Waals surface area contributed by atoms with Crippen molar-refractivity contribution in [1.29, 1.82) is 0 Å². The minimum absolute atomic E-state index is 0.208. The number of para-hydroxylation sites is 2. The molecule has 0 saturated heterocycles. The van der Waals surface area contributed by atoms with Gasteiger partial charge in [-0.1, -0.05) is 36.4 Å². The summed E-state index contributed by atoms with van der Waals surface area (Å²) >= 11 is 0. The number of nitrogens with one attached hydrogen (secondary N) is 2. The van der Waals surface area contributed by atoms with Crippen LogP contribution >= 0.6 is 0 Å². The Morgan fingerprint density at radius 2 is 1.52 bits per heavy atom. The van der Waals surface area contributed by atoms with E-state index in [0.29, 0.717) is 5.69 Å². The van der Waals surface area contributed by atoms with Crippen LogP contribution in [0.25, 0.3) is 0 Å². The van der Waals surface area contributed by atoms with Crippen LogP contribution in [0.2, 0.25) is 0 Å². The van der Waals surface area contributed by atoms with Gasteiger partial charge in [-0.25, -0.2) is 4.98 Å². The molecule has 1 heterocycles. The van der Waals surface area contributed by atoms with Crippen molar-refractivity contribution in [2.24, 2.45) is 0 Å². The van der Waals surface area contributed by atoms with E-state index in [1.165, 1.54) is 0 Å². The summed E-state index contributed by atoms with van der Waals surface area (Å²) in [5.41, 5.74) is 6.32. The Morgan fingerprint density at radius 1 is 0.840 bits per heavy atom. The van der Waals surface area contributed by atoms with Crippen LogP contribution < -0.4 is 10.6 Å². The van der Waals surface area contributed by atoms with E-state index in [-0.39, 0.29) is 5.91 Å². The van der Waals surface area contributed by atoms with E-state index >= 15 is 0 Å². The van der Waals surface area contributed by atoms with Gasteiger partial charge >= 0.3 is 0 Å². The Balaban J connectivity index is 1.74. The van der Waals surface area contributed by atoms with Crippen LogP contribution in [0.5, 0.6) is 0 Å². The van der Waals surface area contributed by atoms with Crippen molar-refractivity contribution in [2.75, 3.05) is 10.6 Å². The summed E-state index contributed by atoms with van der Waals surface area (Å²) in [5.74, 6) is -0.208. The zero-order valence-electron chi connectivity index (χ0n) is 14.6. The average Bonchev–Trinajstić information content (AvgIpc) is 2.61. The van der Waals surface area contributed by atoms with Crippen molar-refractivity contribution in [3.8, 4) is 0 Å². The molecule has 1 aromatic heterocycles. The molecule has 1 amide bonds. The lowest BCUT2D eigenvalue weighted by atomic mass is 10.1. The van der Waals surface area contributed by atoms with Crippen molar-refractivity contribution in [2.45, 2.75) is 20.8 Å². The molecule has 3 aromatic rings. The number of amides is 1. The van der Waals surface area contributed by atoms with Crippen LogP contribution in [0, 0.1) is 20.8 Å². The number of hydrogen-bond donors (Lipinski definition) is 2. The molecular weight excluding hydrogens is 310 g/mol. The first-order valence-corrected chi connectivity index (χ1v) is 8.21. The molecule has 2 aromatic carbocycles. The predicted molar refractivity (Wildman–Crippen MR) is 103 cm³/mol. The molecule has 4 heteroatoms. The molecule has 25 heavy (non-hydrogen) atoms. The lowest BCUT2D eigenvalue weighted by molar-refractivity contribution is 0.102. The highest BCUT2D eigenvalue weighted by Gasteiger charge is 2.11. The van der Waals surface area contributed by atoms with Crippen molar-refractivity contribution in [3.05, 3.63) is 83.2 Å².